The average molecular weight is 261 g/mol. The van der Waals surface area contributed by atoms with Crippen LogP contribution in [0.25, 0.3) is 0 Å². The highest BCUT2D eigenvalue weighted by Gasteiger charge is 2.09. The van der Waals surface area contributed by atoms with Gasteiger partial charge in [0.1, 0.15) is 11.1 Å². The molecule has 0 spiro atoms. The molecule has 0 aromatic carbocycles. The molecule has 0 amide bonds. The number of aliphatic hydroxyl groups is 1. The second-order valence-electron chi connectivity index (χ2n) is 3.86. The zero-order valence-electron chi connectivity index (χ0n) is 9.97. The molecule has 3 nitrogen and oxygen atoms in total. The molecule has 0 radical (unpaired) electrons. The van der Waals surface area contributed by atoms with Crippen molar-refractivity contribution >= 4 is 23.1 Å². The molecule has 1 rings (SSSR count). The standard InChI is InChI=1S/C11H19NO2S2/c1-8(4-13)5-15-6-10-7-16-11(12-10)9(2)14-3/h7-9,13H,4-6H2,1-3H3. The number of nitrogens with zero attached hydrogens (tertiary/aromatic N) is 1. The number of aliphatic hydroxyl groups excluding tert-OH is 1. The smallest absolute Gasteiger partial charge is 0.122 e. The Morgan fingerprint density at radius 2 is 2.31 bits per heavy atom. The fourth-order valence-corrected chi connectivity index (χ4v) is 3.03. The summed E-state index contributed by atoms with van der Waals surface area (Å²) >= 11 is 3.46. The number of hydrogen-bond donors (Lipinski definition) is 1. The summed E-state index contributed by atoms with van der Waals surface area (Å²) in [6.45, 7) is 4.31. The van der Waals surface area contributed by atoms with Crippen LogP contribution in [0.5, 0.6) is 0 Å². The van der Waals surface area contributed by atoms with Crippen LogP contribution in [0.1, 0.15) is 30.7 Å². The largest absolute Gasteiger partial charge is 0.396 e. The first-order valence-electron chi connectivity index (χ1n) is 5.33. The molecular formula is C11H19NO2S2. The van der Waals surface area contributed by atoms with Gasteiger partial charge in [0.15, 0.2) is 0 Å². The van der Waals surface area contributed by atoms with Gasteiger partial charge in [0, 0.05) is 24.8 Å². The van der Waals surface area contributed by atoms with Gasteiger partial charge in [-0.25, -0.2) is 4.98 Å². The van der Waals surface area contributed by atoms with Gasteiger partial charge in [0.2, 0.25) is 0 Å². The summed E-state index contributed by atoms with van der Waals surface area (Å²) in [5.74, 6) is 2.25. The molecule has 0 aliphatic rings. The second-order valence-corrected chi connectivity index (χ2v) is 5.78. The molecule has 5 heteroatoms. The van der Waals surface area contributed by atoms with Gasteiger partial charge in [-0.1, -0.05) is 6.92 Å². The van der Waals surface area contributed by atoms with Gasteiger partial charge in [-0.15, -0.1) is 11.3 Å². The van der Waals surface area contributed by atoms with Crippen LogP contribution in [-0.4, -0.2) is 29.6 Å². The third-order valence-corrected chi connectivity index (χ3v) is 4.59. The third-order valence-electron chi connectivity index (χ3n) is 2.23. The lowest BCUT2D eigenvalue weighted by atomic mass is 10.2. The normalized spacial score (nSPS) is 15.0. The number of rotatable bonds is 7. The molecule has 2 unspecified atom stereocenters. The molecule has 0 aliphatic carbocycles. The highest BCUT2D eigenvalue weighted by molar-refractivity contribution is 7.98. The lowest BCUT2D eigenvalue weighted by molar-refractivity contribution is 0.119. The highest BCUT2D eigenvalue weighted by atomic mass is 32.2. The summed E-state index contributed by atoms with van der Waals surface area (Å²) < 4.78 is 5.22. The summed E-state index contributed by atoms with van der Waals surface area (Å²) in [7, 11) is 1.70. The van der Waals surface area contributed by atoms with Crippen molar-refractivity contribution in [3.05, 3.63) is 16.1 Å². The molecule has 1 aromatic rings. The van der Waals surface area contributed by atoms with Crippen molar-refractivity contribution in [2.24, 2.45) is 5.92 Å². The van der Waals surface area contributed by atoms with Crippen LogP contribution in [0.3, 0.4) is 0 Å². The van der Waals surface area contributed by atoms with Gasteiger partial charge >= 0.3 is 0 Å². The summed E-state index contributed by atoms with van der Waals surface area (Å²) in [6, 6.07) is 0. The number of hydrogen-bond acceptors (Lipinski definition) is 5. The predicted octanol–water partition coefficient (Wildman–Crippen LogP) is 2.71. The van der Waals surface area contributed by atoms with Crippen molar-refractivity contribution in [1.29, 1.82) is 0 Å². The maximum absolute atomic E-state index is 8.90. The van der Waals surface area contributed by atoms with E-state index in [-0.39, 0.29) is 12.7 Å². The Bertz CT molecular complexity index is 304. The average Bonchev–Trinajstić information content (AvgIpc) is 2.76. The molecule has 92 valence electrons. The fourth-order valence-electron chi connectivity index (χ4n) is 1.09. The van der Waals surface area contributed by atoms with Crippen LogP contribution in [-0.2, 0) is 10.5 Å². The molecule has 0 aliphatic heterocycles. The Balaban J connectivity index is 2.35. The Hall–Kier alpha value is -0.100. The Labute approximate surface area is 105 Å². The van der Waals surface area contributed by atoms with E-state index in [1.807, 2.05) is 25.6 Å². The SMILES string of the molecule is COC(C)c1nc(CSCC(C)CO)cs1. The molecule has 0 saturated carbocycles. The van der Waals surface area contributed by atoms with Crippen LogP contribution >= 0.6 is 23.1 Å². The van der Waals surface area contributed by atoms with Gasteiger partial charge in [0.05, 0.1) is 5.69 Å². The summed E-state index contributed by atoms with van der Waals surface area (Å²) in [4.78, 5) is 4.51. The molecule has 1 aromatic heterocycles. The van der Waals surface area contributed by atoms with Crippen molar-refractivity contribution in [1.82, 2.24) is 4.98 Å². The van der Waals surface area contributed by atoms with E-state index in [1.54, 1.807) is 18.4 Å². The van der Waals surface area contributed by atoms with E-state index < -0.39 is 0 Å². The maximum Gasteiger partial charge on any atom is 0.122 e. The van der Waals surface area contributed by atoms with Crippen molar-refractivity contribution < 1.29 is 9.84 Å². The Kier molecular flexibility index (Phi) is 6.34. The van der Waals surface area contributed by atoms with E-state index in [0.717, 1.165) is 22.2 Å². The van der Waals surface area contributed by atoms with E-state index in [4.69, 9.17) is 9.84 Å². The predicted molar refractivity (Wildman–Crippen MR) is 69.9 cm³/mol. The molecule has 16 heavy (non-hydrogen) atoms. The van der Waals surface area contributed by atoms with Crippen LogP contribution in [0.4, 0.5) is 0 Å². The number of thioether (sulfide) groups is 1. The minimum atomic E-state index is 0.0834. The van der Waals surface area contributed by atoms with E-state index in [9.17, 15) is 0 Å². The lowest BCUT2D eigenvalue weighted by Crippen LogP contribution is -2.03. The van der Waals surface area contributed by atoms with Crippen molar-refractivity contribution in [2.45, 2.75) is 25.7 Å². The van der Waals surface area contributed by atoms with Gasteiger partial charge in [-0.05, 0) is 18.6 Å². The van der Waals surface area contributed by atoms with Gasteiger partial charge in [0.25, 0.3) is 0 Å². The summed E-state index contributed by atoms with van der Waals surface area (Å²) in [6.07, 6.45) is 0.0834. The number of thiazole rings is 1. The van der Waals surface area contributed by atoms with Crippen molar-refractivity contribution in [3.63, 3.8) is 0 Å². The summed E-state index contributed by atoms with van der Waals surface area (Å²) in [5.41, 5.74) is 1.11. The minimum absolute atomic E-state index is 0.0834. The Morgan fingerprint density at radius 3 is 2.94 bits per heavy atom. The van der Waals surface area contributed by atoms with Crippen LogP contribution in [0.2, 0.25) is 0 Å². The third kappa shape index (κ3) is 4.41. The molecule has 0 fully saturated rings. The molecule has 0 bridgehead atoms. The van der Waals surface area contributed by atoms with Crippen LogP contribution < -0.4 is 0 Å². The first kappa shape index (κ1) is 14.0. The quantitative estimate of drug-likeness (QED) is 0.819. The van der Waals surface area contributed by atoms with Crippen LogP contribution in [0, 0.1) is 5.92 Å². The lowest BCUT2D eigenvalue weighted by Gasteiger charge is -2.06. The molecule has 0 saturated heterocycles. The maximum atomic E-state index is 8.90. The number of aromatic nitrogens is 1. The molecular weight excluding hydrogens is 242 g/mol. The second kappa shape index (κ2) is 7.27. The summed E-state index contributed by atoms with van der Waals surface area (Å²) in [5, 5.41) is 12.0. The van der Waals surface area contributed by atoms with Gasteiger partial charge < -0.3 is 9.84 Å². The van der Waals surface area contributed by atoms with E-state index >= 15 is 0 Å². The monoisotopic (exact) mass is 261 g/mol. The Morgan fingerprint density at radius 1 is 1.56 bits per heavy atom. The topological polar surface area (TPSA) is 42.4 Å². The minimum Gasteiger partial charge on any atom is -0.396 e. The molecule has 1 N–H and O–H groups in total. The van der Waals surface area contributed by atoms with E-state index in [1.165, 1.54) is 0 Å². The van der Waals surface area contributed by atoms with E-state index in [0.29, 0.717) is 5.92 Å². The fraction of sp³-hybridized carbons (Fsp3) is 0.727. The zero-order valence-corrected chi connectivity index (χ0v) is 11.6. The van der Waals surface area contributed by atoms with Crippen molar-refractivity contribution in [2.75, 3.05) is 19.5 Å². The first-order valence-corrected chi connectivity index (χ1v) is 7.36. The molecule has 2 atom stereocenters. The van der Waals surface area contributed by atoms with E-state index in [2.05, 4.69) is 10.4 Å². The van der Waals surface area contributed by atoms with Gasteiger partial charge in [-0.2, -0.15) is 11.8 Å². The van der Waals surface area contributed by atoms with Crippen LogP contribution in [0.15, 0.2) is 5.38 Å². The highest BCUT2D eigenvalue weighted by Crippen LogP contribution is 2.23. The van der Waals surface area contributed by atoms with Gasteiger partial charge in [-0.3, -0.25) is 0 Å². The van der Waals surface area contributed by atoms with Crippen molar-refractivity contribution in [3.8, 4) is 0 Å². The number of ether oxygens (including phenoxy) is 1. The number of methoxy groups -OCH3 is 1. The molecule has 1 heterocycles. The zero-order chi connectivity index (χ0) is 12.0. The first-order chi connectivity index (χ1) is 7.67.